The summed E-state index contributed by atoms with van der Waals surface area (Å²) < 4.78 is 39.6. The monoisotopic (exact) mass is 1110 g/mol. The number of phosphoric ester groups is 1. The van der Waals surface area contributed by atoms with Gasteiger partial charge in [-0.15, -0.1) is 0 Å². The van der Waals surface area contributed by atoms with Crippen molar-refractivity contribution in [2.45, 2.75) is 264 Å². The van der Waals surface area contributed by atoms with Crippen LogP contribution in [0.25, 0.3) is 0 Å². The van der Waals surface area contributed by atoms with Gasteiger partial charge in [-0.3, -0.25) is 23.4 Å². The minimum Gasteiger partial charge on any atom is -0.462 e. The normalized spacial score (nSPS) is 14.1. The number of aliphatic hydroxyl groups is 1. The van der Waals surface area contributed by atoms with Gasteiger partial charge >= 0.3 is 25.7 Å². The Morgan fingerprint density at radius 1 is 0.372 bits per heavy atom. The molecule has 0 saturated heterocycles. The lowest BCUT2D eigenvalue weighted by Gasteiger charge is -2.21. The second-order valence-corrected chi connectivity index (χ2v) is 21.6. The Morgan fingerprint density at radius 2 is 0.667 bits per heavy atom. The molecule has 446 valence electrons. The molecule has 0 bridgehead atoms. The molecule has 0 heterocycles. The third kappa shape index (κ3) is 56.8. The Kier molecular flexibility index (Phi) is 56.3. The van der Waals surface area contributed by atoms with Crippen LogP contribution in [0.15, 0.2) is 109 Å². The Hall–Kier alpha value is -3.86. The van der Waals surface area contributed by atoms with E-state index in [9.17, 15) is 28.9 Å². The van der Waals surface area contributed by atoms with Crippen molar-refractivity contribution in [1.82, 2.24) is 0 Å². The molecule has 0 aliphatic rings. The van der Waals surface area contributed by atoms with Gasteiger partial charge in [-0.25, -0.2) is 4.57 Å². The Morgan fingerprint density at radius 3 is 1.04 bits per heavy atom. The molecule has 0 aromatic heterocycles. The molecule has 12 heteroatoms. The molecule has 0 rings (SSSR count). The van der Waals surface area contributed by atoms with Gasteiger partial charge in [0.15, 0.2) is 6.10 Å². The number of rotatable bonds is 56. The minimum absolute atomic E-state index is 0.121. The van der Waals surface area contributed by atoms with Crippen LogP contribution in [0.1, 0.15) is 252 Å². The van der Waals surface area contributed by atoms with Crippen molar-refractivity contribution in [2.75, 3.05) is 26.4 Å². The summed E-state index contributed by atoms with van der Waals surface area (Å²) in [5.74, 6) is -1.53. The Labute approximate surface area is 475 Å². The van der Waals surface area contributed by atoms with Crippen LogP contribution in [0.4, 0.5) is 0 Å². The molecule has 0 aromatic carbocycles. The van der Waals surface area contributed by atoms with Crippen LogP contribution < -0.4 is 0 Å². The topological polar surface area (TPSA) is 155 Å². The highest BCUT2D eigenvalue weighted by molar-refractivity contribution is 7.47. The summed E-state index contributed by atoms with van der Waals surface area (Å²) in [5.41, 5.74) is 0. The lowest BCUT2D eigenvalue weighted by atomic mass is 10.1. The summed E-state index contributed by atoms with van der Waals surface area (Å²) in [6.45, 7) is 4.42. The standard InChI is InChI=1S/C66H111O11P/c1-4-7-10-13-16-19-22-25-28-30-31-33-36-39-42-45-48-51-54-57-66(70)77-63(59-73-64(68)55-52-49-46-43-40-37-35-32-29-26-23-20-17-14-11-8-5-2)61-75-78(71,72)74-60-62(58-67)76-65(69)56-53-50-47-44-41-38-34-27-24-21-18-15-12-9-6-3/h7,10,16-21,25-29,31,33-34,39,42,62-63,67H,4-6,8-9,11-15,22-24,30,32,35-38,40-41,43-61H2,1-3H3,(H,71,72)/b10-7-,19-16-,20-17-,21-18-,28-25-,29-26-,33-31-,34-27-,42-39-. The average Bonchev–Trinajstić information content (AvgIpc) is 3.43. The Bertz CT molecular complexity index is 1720. The van der Waals surface area contributed by atoms with Crippen LogP contribution in [-0.4, -0.2) is 66.5 Å². The fourth-order valence-electron chi connectivity index (χ4n) is 7.97. The zero-order valence-corrected chi connectivity index (χ0v) is 50.2. The predicted molar refractivity (Wildman–Crippen MR) is 325 cm³/mol. The second kappa shape index (κ2) is 59.3. The molecule has 3 unspecified atom stereocenters. The fraction of sp³-hybridized carbons (Fsp3) is 0.682. The molecule has 0 aromatic rings. The minimum atomic E-state index is -4.77. The molecular weight excluding hydrogens is 1000 g/mol. The molecular formula is C66H111O11P. The number of esters is 3. The first kappa shape index (κ1) is 74.1. The molecule has 2 N–H and O–H groups in total. The summed E-state index contributed by atoms with van der Waals surface area (Å²) in [7, 11) is -4.77. The van der Waals surface area contributed by atoms with Gasteiger partial charge in [0.25, 0.3) is 0 Å². The van der Waals surface area contributed by atoms with Crippen molar-refractivity contribution in [3.63, 3.8) is 0 Å². The molecule has 0 saturated carbocycles. The Balaban J connectivity index is 4.82. The number of allylic oxidation sites excluding steroid dienone is 18. The van der Waals surface area contributed by atoms with Gasteiger partial charge in [0.05, 0.1) is 19.8 Å². The molecule has 3 atom stereocenters. The van der Waals surface area contributed by atoms with Crippen LogP contribution >= 0.6 is 7.82 Å². The highest BCUT2D eigenvalue weighted by Crippen LogP contribution is 2.43. The van der Waals surface area contributed by atoms with Crippen molar-refractivity contribution in [3.05, 3.63) is 109 Å². The van der Waals surface area contributed by atoms with E-state index in [0.717, 1.165) is 135 Å². The van der Waals surface area contributed by atoms with E-state index in [1.165, 1.54) is 57.8 Å². The highest BCUT2D eigenvalue weighted by atomic mass is 31.2. The van der Waals surface area contributed by atoms with Crippen LogP contribution in [0, 0.1) is 0 Å². The zero-order valence-electron chi connectivity index (χ0n) is 49.3. The van der Waals surface area contributed by atoms with E-state index >= 15 is 0 Å². The molecule has 0 aliphatic heterocycles. The van der Waals surface area contributed by atoms with Gasteiger partial charge in [0.1, 0.15) is 12.7 Å². The van der Waals surface area contributed by atoms with Gasteiger partial charge < -0.3 is 24.2 Å². The van der Waals surface area contributed by atoms with Crippen molar-refractivity contribution in [2.24, 2.45) is 0 Å². The molecule has 78 heavy (non-hydrogen) atoms. The lowest BCUT2D eigenvalue weighted by Crippen LogP contribution is -2.30. The maximum atomic E-state index is 12.9. The van der Waals surface area contributed by atoms with Crippen molar-refractivity contribution in [3.8, 4) is 0 Å². The third-order valence-electron chi connectivity index (χ3n) is 12.6. The van der Waals surface area contributed by atoms with E-state index in [1.807, 2.05) is 0 Å². The SMILES string of the molecule is CC/C=C\C/C=C\C/C=C\C/C=C\C/C=C\CCCCCC(=O)OC(COC(=O)CCCCCCCCC/C=C\C/C=C\CCCCC)COP(=O)(O)OCC(CO)OC(=O)CCCCCCC/C=C\C/C=C\CCCCC. The van der Waals surface area contributed by atoms with Crippen LogP contribution in [0.5, 0.6) is 0 Å². The van der Waals surface area contributed by atoms with Gasteiger partial charge in [-0.1, -0.05) is 214 Å². The van der Waals surface area contributed by atoms with E-state index < -0.39 is 57.8 Å². The maximum Gasteiger partial charge on any atom is 0.472 e. The highest BCUT2D eigenvalue weighted by Gasteiger charge is 2.28. The largest absolute Gasteiger partial charge is 0.472 e. The van der Waals surface area contributed by atoms with Crippen molar-refractivity contribution < 1.29 is 52.2 Å². The molecule has 11 nitrogen and oxygen atoms in total. The molecule has 0 amide bonds. The van der Waals surface area contributed by atoms with Crippen molar-refractivity contribution >= 4 is 25.7 Å². The quantitative estimate of drug-likeness (QED) is 0.0197. The summed E-state index contributed by atoms with van der Waals surface area (Å²) >= 11 is 0. The number of hydrogen-bond acceptors (Lipinski definition) is 10. The lowest BCUT2D eigenvalue weighted by molar-refractivity contribution is -0.161. The van der Waals surface area contributed by atoms with E-state index in [2.05, 4.69) is 130 Å². The molecule has 0 radical (unpaired) electrons. The first-order chi connectivity index (χ1) is 38.2. The van der Waals surface area contributed by atoms with Gasteiger partial charge in [-0.2, -0.15) is 0 Å². The number of carbonyl (C=O) groups is 3. The van der Waals surface area contributed by atoms with Crippen LogP contribution in [-0.2, 0) is 42.2 Å². The number of unbranched alkanes of at least 4 members (excludes halogenated alkanes) is 21. The smallest absolute Gasteiger partial charge is 0.462 e. The average molecular weight is 1110 g/mol. The summed E-state index contributed by atoms with van der Waals surface area (Å²) in [5, 5.41) is 9.83. The van der Waals surface area contributed by atoms with Crippen LogP contribution in [0.2, 0.25) is 0 Å². The second-order valence-electron chi connectivity index (χ2n) is 20.1. The summed E-state index contributed by atoms with van der Waals surface area (Å²) in [6.07, 6.45) is 71.8. The number of carbonyl (C=O) groups excluding carboxylic acids is 3. The fourth-order valence-corrected chi connectivity index (χ4v) is 8.76. The zero-order chi connectivity index (χ0) is 56.9. The number of phosphoric acid groups is 1. The van der Waals surface area contributed by atoms with Gasteiger partial charge in [0.2, 0.25) is 0 Å². The van der Waals surface area contributed by atoms with Crippen LogP contribution in [0.3, 0.4) is 0 Å². The van der Waals surface area contributed by atoms with E-state index in [4.69, 9.17) is 23.3 Å². The van der Waals surface area contributed by atoms with E-state index in [-0.39, 0.29) is 25.9 Å². The predicted octanol–water partition coefficient (Wildman–Crippen LogP) is 18.6. The molecule has 0 spiro atoms. The number of hydrogen-bond donors (Lipinski definition) is 2. The molecule has 0 aliphatic carbocycles. The summed E-state index contributed by atoms with van der Waals surface area (Å²) in [6, 6.07) is 0. The third-order valence-corrected chi connectivity index (χ3v) is 13.6. The maximum absolute atomic E-state index is 12.9. The first-order valence-corrected chi connectivity index (χ1v) is 32.3. The summed E-state index contributed by atoms with van der Waals surface area (Å²) in [4.78, 5) is 48.7. The van der Waals surface area contributed by atoms with Gasteiger partial charge in [-0.05, 0) is 128 Å². The van der Waals surface area contributed by atoms with Crippen molar-refractivity contribution in [1.29, 1.82) is 0 Å². The number of ether oxygens (including phenoxy) is 3. The van der Waals surface area contributed by atoms with E-state index in [1.54, 1.807) is 0 Å². The molecule has 0 fully saturated rings. The van der Waals surface area contributed by atoms with Gasteiger partial charge in [0, 0.05) is 19.3 Å². The first-order valence-electron chi connectivity index (χ1n) is 30.8. The number of aliphatic hydroxyl groups excluding tert-OH is 1. The van der Waals surface area contributed by atoms with E-state index in [0.29, 0.717) is 19.3 Å².